The van der Waals surface area contributed by atoms with Gasteiger partial charge in [0.15, 0.2) is 13.2 Å². The summed E-state index contributed by atoms with van der Waals surface area (Å²) in [6, 6.07) is 10.8. The Hall–Kier alpha value is -2.71. The molecule has 0 unspecified atom stereocenters. The summed E-state index contributed by atoms with van der Waals surface area (Å²) < 4.78 is 10.2. The Kier molecular flexibility index (Phi) is 5.84. The smallest absolute Gasteiger partial charge is 0.344 e. The van der Waals surface area contributed by atoms with Crippen LogP contribution in [0.1, 0.15) is 0 Å². The molecule has 0 saturated carbocycles. The average molecular weight is 332 g/mol. The number of hydrogen-bond donors (Lipinski definition) is 1. The molecule has 0 radical (unpaired) electrons. The van der Waals surface area contributed by atoms with Gasteiger partial charge in [-0.05, 0) is 12.1 Å². The molecular weight excluding hydrogens is 318 g/mol. The molecule has 2 aromatic carbocycles. The van der Waals surface area contributed by atoms with Gasteiger partial charge in [0.2, 0.25) is 0 Å². The van der Waals surface area contributed by atoms with Crippen LogP contribution < -0.4 is 10.1 Å². The van der Waals surface area contributed by atoms with Crippen molar-refractivity contribution in [2.24, 2.45) is 0 Å². The fourth-order valence-electron chi connectivity index (χ4n) is 1.89. The van der Waals surface area contributed by atoms with E-state index in [1.54, 1.807) is 12.1 Å². The SMILES string of the molecule is C#CCNC(=O)COC(=O)COc1ccc(Cl)c2ccccc12. The molecule has 0 spiro atoms. The van der Waals surface area contributed by atoms with E-state index in [4.69, 9.17) is 27.5 Å². The lowest BCUT2D eigenvalue weighted by atomic mass is 10.1. The molecule has 0 bridgehead atoms. The van der Waals surface area contributed by atoms with Gasteiger partial charge in [0.05, 0.1) is 6.54 Å². The third-order valence-electron chi connectivity index (χ3n) is 2.93. The predicted molar refractivity (Wildman–Crippen MR) is 87.3 cm³/mol. The summed E-state index contributed by atoms with van der Waals surface area (Å²) in [5.41, 5.74) is 0. The van der Waals surface area contributed by atoms with Crippen LogP contribution in [0.2, 0.25) is 5.02 Å². The molecule has 0 heterocycles. The Morgan fingerprint density at radius 2 is 1.87 bits per heavy atom. The number of rotatable bonds is 6. The van der Waals surface area contributed by atoms with E-state index in [1.165, 1.54) is 0 Å². The van der Waals surface area contributed by atoms with Crippen molar-refractivity contribution < 1.29 is 19.1 Å². The lowest BCUT2D eigenvalue weighted by Gasteiger charge is -2.10. The second-order valence-electron chi connectivity index (χ2n) is 4.52. The van der Waals surface area contributed by atoms with Gasteiger partial charge in [-0.3, -0.25) is 4.79 Å². The van der Waals surface area contributed by atoms with Crippen molar-refractivity contribution in [2.45, 2.75) is 0 Å². The number of nitrogens with one attached hydrogen (secondary N) is 1. The Balaban J connectivity index is 1.91. The Morgan fingerprint density at radius 1 is 1.13 bits per heavy atom. The van der Waals surface area contributed by atoms with E-state index in [0.717, 1.165) is 10.8 Å². The lowest BCUT2D eigenvalue weighted by Crippen LogP contribution is -2.30. The topological polar surface area (TPSA) is 64.6 Å². The van der Waals surface area contributed by atoms with Crippen molar-refractivity contribution in [3.8, 4) is 18.1 Å². The quantitative estimate of drug-likeness (QED) is 0.651. The standard InChI is InChI=1S/C17H14ClNO4/c1-2-9-19-16(20)10-23-17(21)11-22-15-8-7-14(18)12-5-3-4-6-13(12)15/h1,3-8H,9-11H2,(H,19,20). The van der Waals surface area contributed by atoms with Crippen LogP contribution in [0.15, 0.2) is 36.4 Å². The Bertz CT molecular complexity index is 767. The first-order valence-corrected chi connectivity index (χ1v) is 7.15. The van der Waals surface area contributed by atoms with Gasteiger partial charge in [-0.25, -0.2) is 4.79 Å². The number of fused-ring (bicyclic) bond motifs is 1. The number of ether oxygens (including phenoxy) is 2. The number of halogens is 1. The van der Waals surface area contributed by atoms with Crippen molar-refractivity contribution in [2.75, 3.05) is 19.8 Å². The summed E-state index contributed by atoms with van der Waals surface area (Å²) in [6.45, 7) is -0.622. The van der Waals surface area contributed by atoms with Crippen molar-refractivity contribution in [1.82, 2.24) is 5.32 Å². The molecule has 5 nitrogen and oxygen atoms in total. The van der Waals surface area contributed by atoms with E-state index >= 15 is 0 Å². The second-order valence-corrected chi connectivity index (χ2v) is 4.93. The van der Waals surface area contributed by atoms with Gasteiger partial charge in [0, 0.05) is 15.8 Å². The lowest BCUT2D eigenvalue weighted by molar-refractivity contribution is -0.150. The van der Waals surface area contributed by atoms with Crippen LogP contribution in [-0.2, 0) is 14.3 Å². The van der Waals surface area contributed by atoms with E-state index in [1.807, 2.05) is 24.3 Å². The number of hydrogen-bond acceptors (Lipinski definition) is 4. The Labute approximate surface area is 138 Å². The molecule has 0 atom stereocenters. The number of benzene rings is 2. The number of carbonyl (C=O) groups is 2. The fourth-order valence-corrected chi connectivity index (χ4v) is 2.11. The van der Waals surface area contributed by atoms with Crippen LogP contribution in [-0.4, -0.2) is 31.6 Å². The summed E-state index contributed by atoms with van der Waals surface area (Å²) in [5.74, 6) is 1.64. The van der Waals surface area contributed by atoms with E-state index in [0.29, 0.717) is 10.8 Å². The van der Waals surface area contributed by atoms with Gasteiger partial charge in [-0.1, -0.05) is 41.8 Å². The van der Waals surface area contributed by atoms with Gasteiger partial charge in [0.1, 0.15) is 5.75 Å². The van der Waals surface area contributed by atoms with E-state index < -0.39 is 18.5 Å². The van der Waals surface area contributed by atoms with Crippen LogP contribution in [0.4, 0.5) is 0 Å². The molecule has 23 heavy (non-hydrogen) atoms. The van der Waals surface area contributed by atoms with Crippen molar-refractivity contribution in [3.05, 3.63) is 41.4 Å². The number of terminal acetylenes is 1. The van der Waals surface area contributed by atoms with Gasteiger partial charge in [0.25, 0.3) is 5.91 Å². The zero-order chi connectivity index (χ0) is 16.7. The highest BCUT2D eigenvalue weighted by atomic mass is 35.5. The highest BCUT2D eigenvalue weighted by molar-refractivity contribution is 6.35. The van der Waals surface area contributed by atoms with Crippen molar-refractivity contribution in [1.29, 1.82) is 0 Å². The third kappa shape index (κ3) is 4.63. The second kappa shape index (κ2) is 8.06. The minimum absolute atomic E-state index is 0.0870. The summed E-state index contributed by atoms with van der Waals surface area (Å²) in [4.78, 5) is 22.9. The Morgan fingerprint density at radius 3 is 2.61 bits per heavy atom. The molecule has 0 saturated heterocycles. The molecule has 0 aliphatic heterocycles. The molecule has 0 aromatic heterocycles. The maximum atomic E-state index is 11.6. The van der Waals surface area contributed by atoms with Crippen LogP contribution in [0.5, 0.6) is 5.75 Å². The molecular formula is C17H14ClNO4. The summed E-state index contributed by atoms with van der Waals surface area (Å²) in [6.07, 6.45) is 5.00. The monoisotopic (exact) mass is 331 g/mol. The normalized spacial score (nSPS) is 9.91. The van der Waals surface area contributed by atoms with Gasteiger partial charge >= 0.3 is 5.97 Å². The van der Waals surface area contributed by atoms with Crippen LogP contribution in [0.3, 0.4) is 0 Å². The zero-order valence-electron chi connectivity index (χ0n) is 12.2. The summed E-state index contributed by atoms with van der Waals surface area (Å²) in [7, 11) is 0. The summed E-state index contributed by atoms with van der Waals surface area (Å²) in [5, 5.41) is 4.60. The third-order valence-corrected chi connectivity index (χ3v) is 3.26. The molecule has 2 rings (SSSR count). The molecule has 1 amide bonds. The molecule has 0 fully saturated rings. The molecule has 6 heteroatoms. The molecule has 118 valence electrons. The van der Waals surface area contributed by atoms with Crippen molar-refractivity contribution >= 4 is 34.2 Å². The van der Waals surface area contributed by atoms with Crippen LogP contribution >= 0.6 is 11.6 Å². The fraction of sp³-hybridized carbons (Fsp3) is 0.176. The highest BCUT2D eigenvalue weighted by Crippen LogP contribution is 2.31. The van der Waals surface area contributed by atoms with Crippen molar-refractivity contribution in [3.63, 3.8) is 0 Å². The predicted octanol–water partition coefficient (Wildman–Crippen LogP) is 2.16. The minimum Gasteiger partial charge on any atom is -0.481 e. The number of esters is 1. The largest absolute Gasteiger partial charge is 0.481 e. The molecule has 2 aromatic rings. The highest BCUT2D eigenvalue weighted by Gasteiger charge is 2.10. The maximum Gasteiger partial charge on any atom is 0.344 e. The van der Waals surface area contributed by atoms with Gasteiger partial charge < -0.3 is 14.8 Å². The van der Waals surface area contributed by atoms with Gasteiger partial charge in [-0.2, -0.15) is 0 Å². The van der Waals surface area contributed by atoms with E-state index in [9.17, 15) is 9.59 Å². The first-order valence-electron chi connectivity index (χ1n) is 6.77. The maximum absolute atomic E-state index is 11.6. The van der Waals surface area contributed by atoms with Crippen LogP contribution in [0, 0.1) is 12.3 Å². The van der Waals surface area contributed by atoms with E-state index in [2.05, 4.69) is 11.2 Å². The first-order chi connectivity index (χ1) is 11.1. The number of carbonyl (C=O) groups excluding carboxylic acids is 2. The van der Waals surface area contributed by atoms with Gasteiger partial charge in [-0.15, -0.1) is 6.42 Å². The minimum atomic E-state index is -0.653. The zero-order valence-corrected chi connectivity index (χ0v) is 12.9. The van der Waals surface area contributed by atoms with Crippen LogP contribution in [0.25, 0.3) is 10.8 Å². The first kappa shape index (κ1) is 16.7. The molecule has 0 aliphatic carbocycles. The van der Waals surface area contributed by atoms with E-state index in [-0.39, 0.29) is 13.2 Å². The molecule has 0 aliphatic rings. The average Bonchev–Trinajstić information content (AvgIpc) is 2.57. The summed E-state index contributed by atoms with van der Waals surface area (Å²) >= 11 is 6.11. The molecule has 1 N–H and O–H groups in total. The number of amides is 1.